The van der Waals surface area contributed by atoms with E-state index in [9.17, 15) is 4.39 Å². The molecule has 0 unspecified atom stereocenters. The molecule has 0 amide bonds. The fourth-order valence-corrected chi connectivity index (χ4v) is 7.66. The van der Waals surface area contributed by atoms with Gasteiger partial charge in [0.25, 0.3) is 6.71 Å². The molecule has 0 saturated heterocycles. The van der Waals surface area contributed by atoms with E-state index in [4.69, 9.17) is 0 Å². The number of aromatic nitrogens is 2. The first-order valence-electron chi connectivity index (χ1n) is 13.8. The third kappa shape index (κ3) is 2.37. The fourth-order valence-electron chi connectivity index (χ4n) is 7.66. The lowest BCUT2D eigenvalue weighted by atomic mass is 9.34. The minimum Gasteiger partial charge on any atom is -0.310 e. The number of rotatable bonds is 1. The van der Waals surface area contributed by atoms with Gasteiger partial charge >= 0.3 is 0 Å². The van der Waals surface area contributed by atoms with E-state index in [1.165, 1.54) is 77.4 Å². The second kappa shape index (κ2) is 7.10. The lowest BCUT2D eigenvalue weighted by Gasteiger charge is -2.34. The molecule has 0 fully saturated rings. The highest BCUT2D eigenvalue weighted by Gasteiger charge is 2.40. The summed E-state index contributed by atoms with van der Waals surface area (Å²) in [7, 11) is 0. The topological polar surface area (TPSA) is 9.86 Å². The van der Waals surface area contributed by atoms with Crippen LogP contribution < -0.4 is 16.4 Å². The van der Waals surface area contributed by atoms with Crippen LogP contribution in [0.1, 0.15) is 0 Å². The highest BCUT2D eigenvalue weighted by molar-refractivity contribution is 7.00. The highest BCUT2D eigenvalue weighted by atomic mass is 19.1. The van der Waals surface area contributed by atoms with Crippen molar-refractivity contribution in [1.82, 2.24) is 9.13 Å². The number of para-hydroxylation sites is 4. The van der Waals surface area contributed by atoms with Crippen molar-refractivity contribution in [2.24, 2.45) is 0 Å². The van der Waals surface area contributed by atoms with Gasteiger partial charge in [0.15, 0.2) is 0 Å². The number of benzene rings is 6. The van der Waals surface area contributed by atoms with Gasteiger partial charge in [0.05, 0.1) is 11.0 Å². The molecular weight excluding hydrogens is 490 g/mol. The van der Waals surface area contributed by atoms with Crippen molar-refractivity contribution >= 4 is 66.7 Å². The monoisotopic (exact) mass is 510 g/mol. The number of halogens is 1. The van der Waals surface area contributed by atoms with E-state index in [0.29, 0.717) is 0 Å². The first-order valence-corrected chi connectivity index (χ1v) is 13.8. The Hall–Kier alpha value is -5.09. The van der Waals surface area contributed by atoms with Crippen molar-refractivity contribution in [3.8, 4) is 22.5 Å². The first-order chi connectivity index (χ1) is 19.8. The lowest BCUT2D eigenvalue weighted by molar-refractivity contribution is 0.628. The largest absolute Gasteiger partial charge is 0.310 e. The molecule has 2 aliphatic rings. The van der Waals surface area contributed by atoms with Crippen molar-refractivity contribution in [1.29, 1.82) is 0 Å². The predicted molar refractivity (Wildman–Crippen MR) is 165 cm³/mol. The van der Waals surface area contributed by atoms with Crippen molar-refractivity contribution in [2.75, 3.05) is 0 Å². The predicted octanol–water partition coefficient (Wildman–Crippen LogP) is 6.83. The Morgan fingerprint density at radius 1 is 0.475 bits per heavy atom. The summed E-state index contributed by atoms with van der Waals surface area (Å²) in [6.45, 7) is 0.104. The lowest BCUT2D eigenvalue weighted by Crippen LogP contribution is -2.59. The van der Waals surface area contributed by atoms with Gasteiger partial charge in [0.1, 0.15) is 5.82 Å². The molecule has 2 nitrogen and oxygen atoms in total. The Bertz CT molecular complexity index is 2270. The van der Waals surface area contributed by atoms with Crippen LogP contribution in [0.3, 0.4) is 0 Å². The minimum atomic E-state index is -0.222. The zero-order chi connectivity index (χ0) is 26.1. The van der Waals surface area contributed by atoms with E-state index in [1.807, 2.05) is 6.07 Å². The van der Waals surface area contributed by atoms with Crippen LogP contribution >= 0.6 is 0 Å². The van der Waals surface area contributed by atoms with Crippen LogP contribution in [0.4, 0.5) is 4.39 Å². The van der Waals surface area contributed by atoms with Gasteiger partial charge in [0, 0.05) is 44.0 Å². The number of hydrogen-bond acceptors (Lipinski definition) is 0. The van der Waals surface area contributed by atoms with Crippen LogP contribution in [0, 0.1) is 5.82 Å². The van der Waals surface area contributed by atoms with Gasteiger partial charge in [-0.15, -0.1) is 0 Å². The van der Waals surface area contributed by atoms with Crippen LogP contribution in [0.5, 0.6) is 0 Å². The summed E-state index contributed by atoms with van der Waals surface area (Å²) in [6, 6.07) is 42.5. The molecule has 0 spiro atoms. The van der Waals surface area contributed by atoms with Gasteiger partial charge < -0.3 is 9.13 Å². The van der Waals surface area contributed by atoms with E-state index in [2.05, 4.69) is 106 Å². The summed E-state index contributed by atoms with van der Waals surface area (Å²) in [5.41, 5.74) is 13.2. The summed E-state index contributed by atoms with van der Waals surface area (Å²) in [4.78, 5) is 0. The Balaban J connectivity index is 1.48. The van der Waals surface area contributed by atoms with Gasteiger partial charge in [-0.05, 0) is 63.9 Å². The molecule has 0 saturated carbocycles. The number of hydrogen-bond donors (Lipinski definition) is 0. The van der Waals surface area contributed by atoms with Gasteiger partial charge in [-0.3, -0.25) is 0 Å². The van der Waals surface area contributed by atoms with Gasteiger partial charge in [-0.1, -0.05) is 84.9 Å². The quantitative estimate of drug-likeness (QED) is 0.214. The van der Waals surface area contributed by atoms with E-state index in [0.717, 1.165) is 11.1 Å². The first kappa shape index (κ1) is 20.8. The maximum atomic E-state index is 14.5. The standard InChI is InChI=1S/C36H20BFN2/c38-23-9-5-8-21(18-23)22-19-32-34-33(20-22)40-31-17-4-2-11-25(31)27-13-7-15-29(36(27)40)37(34)28-14-6-12-26-24-10-1-3-16-30(24)39(32)35(26)28/h1-20H. The van der Waals surface area contributed by atoms with E-state index >= 15 is 0 Å². The molecule has 8 aromatic rings. The second-order valence-electron chi connectivity index (χ2n) is 11.1. The fraction of sp³-hybridized carbons (Fsp3) is 0. The third-order valence-corrected chi connectivity index (χ3v) is 9.14. The zero-order valence-electron chi connectivity index (χ0n) is 21.4. The molecule has 0 N–H and O–H groups in total. The van der Waals surface area contributed by atoms with Crippen molar-refractivity contribution in [3.05, 3.63) is 127 Å². The number of nitrogens with zero attached hydrogens (tertiary/aromatic N) is 2. The van der Waals surface area contributed by atoms with Crippen LogP contribution in [0.2, 0.25) is 0 Å². The third-order valence-electron chi connectivity index (χ3n) is 9.14. The van der Waals surface area contributed by atoms with E-state index < -0.39 is 0 Å². The molecule has 10 rings (SSSR count). The van der Waals surface area contributed by atoms with Crippen LogP contribution in [-0.2, 0) is 0 Å². The average molecular weight is 510 g/mol. The summed E-state index contributed by atoms with van der Waals surface area (Å²) in [6.07, 6.45) is 0. The van der Waals surface area contributed by atoms with Gasteiger partial charge in [0.2, 0.25) is 0 Å². The average Bonchev–Trinajstić information content (AvgIpc) is 3.52. The normalized spacial score (nSPS) is 13.1. The molecule has 2 aliphatic heterocycles. The van der Waals surface area contributed by atoms with Gasteiger partial charge in [-0.25, -0.2) is 4.39 Å². The smallest absolute Gasteiger partial charge is 0.252 e. The molecule has 0 atom stereocenters. The Morgan fingerprint density at radius 3 is 1.57 bits per heavy atom. The van der Waals surface area contributed by atoms with E-state index in [-0.39, 0.29) is 12.5 Å². The molecule has 4 heterocycles. The maximum Gasteiger partial charge on any atom is 0.252 e. The molecule has 0 bridgehead atoms. The summed E-state index contributed by atoms with van der Waals surface area (Å²) >= 11 is 0. The Labute approximate surface area is 229 Å². The molecule has 40 heavy (non-hydrogen) atoms. The molecule has 4 heteroatoms. The summed E-state index contributed by atoms with van der Waals surface area (Å²) in [5, 5.41) is 5.06. The van der Waals surface area contributed by atoms with Crippen LogP contribution in [0.25, 0.3) is 66.1 Å². The highest BCUT2D eigenvalue weighted by Crippen LogP contribution is 2.40. The molecule has 2 aromatic heterocycles. The zero-order valence-corrected chi connectivity index (χ0v) is 21.4. The van der Waals surface area contributed by atoms with Crippen LogP contribution in [-0.4, -0.2) is 15.8 Å². The molecule has 6 aromatic carbocycles. The van der Waals surface area contributed by atoms with Crippen molar-refractivity contribution in [2.45, 2.75) is 0 Å². The van der Waals surface area contributed by atoms with Gasteiger partial charge in [-0.2, -0.15) is 0 Å². The second-order valence-corrected chi connectivity index (χ2v) is 11.1. The molecule has 0 aliphatic carbocycles. The molecule has 0 radical (unpaired) electrons. The molecule has 184 valence electrons. The molecular formula is C36H20BFN2. The SMILES string of the molecule is Fc1cccc(-c2cc3c4c(c2)-n2c5ccccc5c5cccc(c52)B4c2cccc4c5ccccc5n-3c24)c1. The Morgan fingerprint density at radius 2 is 1.00 bits per heavy atom. The number of fused-ring (bicyclic) bond motifs is 10. The summed E-state index contributed by atoms with van der Waals surface area (Å²) < 4.78 is 19.4. The summed E-state index contributed by atoms with van der Waals surface area (Å²) in [5.74, 6) is -0.222. The Kier molecular flexibility index (Phi) is 3.70. The van der Waals surface area contributed by atoms with Crippen LogP contribution in [0.15, 0.2) is 121 Å². The van der Waals surface area contributed by atoms with E-state index in [1.54, 1.807) is 12.1 Å². The van der Waals surface area contributed by atoms with Crippen molar-refractivity contribution < 1.29 is 4.39 Å². The maximum absolute atomic E-state index is 14.5. The van der Waals surface area contributed by atoms with Crippen molar-refractivity contribution in [3.63, 3.8) is 0 Å². The minimum absolute atomic E-state index is 0.104.